The van der Waals surface area contributed by atoms with Gasteiger partial charge >= 0.3 is 0 Å². The summed E-state index contributed by atoms with van der Waals surface area (Å²) in [5.41, 5.74) is 9.32. The molecule has 0 aliphatic rings. The van der Waals surface area contributed by atoms with Crippen molar-refractivity contribution in [2.45, 2.75) is 13.8 Å². The molecule has 118 valence electrons. The van der Waals surface area contributed by atoms with Gasteiger partial charge in [0.15, 0.2) is 11.7 Å². The molecule has 0 saturated carbocycles. The lowest BCUT2D eigenvalue weighted by atomic mass is 10.1. The number of amides is 1. The number of aryl methyl sites for hydroxylation is 2. The van der Waals surface area contributed by atoms with Crippen molar-refractivity contribution in [3.8, 4) is 5.75 Å². The summed E-state index contributed by atoms with van der Waals surface area (Å²) in [5, 5.41) is 3.34. The lowest BCUT2D eigenvalue weighted by Gasteiger charge is -2.10. The molecular weight excluding hydrogens is 310 g/mol. The van der Waals surface area contributed by atoms with Crippen molar-refractivity contribution >= 4 is 38.3 Å². The number of benzene rings is 2. The summed E-state index contributed by atoms with van der Waals surface area (Å²) in [6, 6.07) is 11.4. The minimum Gasteiger partial charge on any atom is -0.483 e. The number of rotatable bonds is 4. The topological polar surface area (TPSA) is 77.2 Å². The number of nitrogens with zero attached hydrogens (tertiary/aromatic N) is 1. The quantitative estimate of drug-likeness (QED) is 0.769. The number of nitrogens with one attached hydrogen (secondary N) is 1. The highest BCUT2D eigenvalue weighted by Crippen LogP contribution is 2.26. The fraction of sp³-hybridized carbons (Fsp3) is 0.176. The predicted octanol–water partition coefficient (Wildman–Crippen LogP) is 3.51. The molecule has 0 aliphatic carbocycles. The molecular formula is C17H17N3O2S. The van der Waals surface area contributed by atoms with E-state index >= 15 is 0 Å². The molecule has 5 nitrogen and oxygen atoms in total. The van der Waals surface area contributed by atoms with E-state index in [1.807, 2.05) is 44.2 Å². The van der Waals surface area contributed by atoms with Crippen LogP contribution in [0.25, 0.3) is 10.2 Å². The van der Waals surface area contributed by atoms with Gasteiger partial charge in [-0.25, -0.2) is 4.98 Å². The molecule has 1 amide bonds. The minimum atomic E-state index is -0.206. The van der Waals surface area contributed by atoms with Gasteiger partial charge in [-0.05, 0) is 49.2 Å². The Morgan fingerprint density at radius 3 is 2.91 bits per heavy atom. The third-order valence-corrected chi connectivity index (χ3v) is 4.24. The van der Waals surface area contributed by atoms with Gasteiger partial charge in [-0.1, -0.05) is 23.5 Å². The Hall–Kier alpha value is -2.60. The minimum absolute atomic E-state index is 0.0346. The average molecular weight is 327 g/mol. The Morgan fingerprint density at radius 2 is 2.09 bits per heavy atom. The number of thiazole rings is 1. The van der Waals surface area contributed by atoms with Crippen LogP contribution in [0.1, 0.15) is 11.1 Å². The van der Waals surface area contributed by atoms with E-state index in [2.05, 4.69) is 10.3 Å². The zero-order valence-electron chi connectivity index (χ0n) is 12.9. The van der Waals surface area contributed by atoms with E-state index in [0.29, 0.717) is 10.8 Å². The van der Waals surface area contributed by atoms with Crippen molar-refractivity contribution in [2.75, 3.05) is 17.7 Å². The van der Waals surface area contributed by atoms with Crippen LogP contribution in [0.4, 0.5) is 10.8 Å². The molecule has 3 N–H and O–H groups in total. The van der Waals surface area contributed by atoms with Gasteiger partial charge in [0, 0.05) is 5.69 Å². The maximum absolute atomic E-state index is 12.1. The van der Waals surface area contributed by atoms with Crippen LogP contribution in [0.2, 0.25) is 0 Å². The maximum atomic E-state index is 12.1. The lowest BCUT2D eigenvalue weighted by molar-refractivity contribution is -0.118. The second-order valence-electron chi connectivity index (χ2n) is 5.34. The molecule has 0 bridgehead atoms. The van der Waals surface area contributed by atoms with Crippen molar-refractivity contribution in [1.82, 2.24) is 4.98 Å². The van der Waals surface area contributed by atoms with Gasteiger partial charge in [0.05, 0.1) is 10.2 Å². The van der Waals surface area contributed by atoms with Crippen molar-refractivity contribution in [3.63, 3.8) is 0 Å². The Kier molecular flexibility index (Phi) is 4.16. The summed E-state index contributed by atoms with van der Waals surface area (Å²) in [5.74, 6) is 0.522. The van der Waals surface area contributed by atoms with Gasteiger partial charge < -0.3 is 15.8 Å². The Bertz CT molecular complexity index is 873. The summed E-state index contributed by atoms with van der Waals surface area (Å²) in [4.78, 5) is 16.2. The Labute approximate surface area is 138 Å². The van der Waals surface area contributed by atoms with E-state index in [1.165, 1.54) is 11.3 Å². The van der Waals surface area contributed by atoms with Gasteiger partial charge in [0.25, 0.3) is 5.91 Å². The zero-order valence-corrected chi connectivity index (χ0v) is 13.7. The number of aromatic nitrogens is 1. The Balaban J connectivity index is 1.65. The highest BCUT2D eigenvalue weighted by molar-refractivity contribution is 7.22. The third kappa shape index (κ3) is 3.60. The summed E-state index contributed by atoms with van der Waals surface area (Å²) >= 11 is 1.39. The van der Waals surface area contributed by atoms with E-state index < -0.39 is 0 Å². The highest BCUT2D eigenvalue weighted by Gasteiger charge is 2.08. The summed E-state index contributed by atoms with van der Waals surface area (Å²) < 4.78 is 6.54. The zero-order chi connectivity index (χ0) is 16.4. The second kappa shape index (κ2) is 6.26. The molecule has 0 fully saturated rings. The van der Waals surface area contributed by atoms with Crippen LogP contribution in [0, 0.1) is 13.8 Å². The number of nitrogens with two attached hydrogens (primary N) is 1. The van der Waals surface area contributed by atoms with E-state index in [4.69, 9.17) is 10.5 Å². The van der Waals surface area contributed by atoms with Crippen LogP contribution in [0.3, 0.4) is 0 Å². The monoisotopic (exact) mass is 327 g/mol. The van der Waals surface area contributed by atoms with Crippen molar-refractivity contribution in [1.29, 1.82) is 0 Å². The molecule has 23 heavy (non-hydrogen) atoms. The molecule has 0 spiro atoms. The number of carbonyl (C=O) groups excluding carboxylic acids is 1. The average Bonchev–Trinajstić information content (AvgIpc) is 2.87. The van der Waals surface area contributed by atoms with E-state index in [0.717, 1.165) is 27.1 Å². The molecule has 3 rings (SSSR count). The van der Waals surface area contributed by atoms with E-state index in [-0.39, 0.29) is 12.5 Å². The van der Waals surface area contributed by atoms with Crippen LogP contribution in [-0.4, -0.2) is 17.5 Å². The van der Waals surface area contributed by atoms with Gasteiger partial charge in [0.2, 0.25) is 0 Å². The normalized spacial score (nSPS) is 10.7. The number of anilines is 2. The second-order valence-corrected chi connectivity index (χ2v) is 6.40. The summed E-state index contributed by atoms with van der Waals surface area (Å²) in [6.07, 6.45) is 0. The fourth-order valence-corrected chi connectivity index (χ4v) is 3.00. The first-order valence-electron chi connectivity index (χ1n) is 7.17. The van der Waals surface area contributed by atoms with Crippen LogP contribution >= 0.6 is 11.3 Å². The molecule has 0 aliphatic heterocycles. The lowest BCUT2D eigenvalue weighted by Crippen LogP contribution is -2.20. The fourth-order valence-electron chi connectivity index (χ4n) is 2.22. The van der Waals surface area contributed by atoms with E-state index in [1.54, 1.807) is 6.07 Å². The first kappa shape index (κ1) is 15.3. The van der Waals surface area contributed by atoms with Crippen LogP contribution in [-0.2, 0) is 4.79 Å². The van der Waals surface area contributed by atoms with Crippen molar-refractivity contribution < 1.29 is 9.53 Å². The first-order chi connectivity index (χ1) is 11.0. The van der Waals surface area contributed by atoms with Crippen molar-refractivity contribution in [2.24, 2.45) is 0 Å². The van der Waals surface area contributed by atoms with E-state index in [9.17, 15) is 4.79 Å². The molecule has 1 heterocycles. The number of carbonyl (C=O) groups is 1. The molecule has 2 aromatic carbocycles. The SMILES string of the molecule is Cc1ccc(C)c(OCC(=O)Nc2ccc3nc(N)sc3c2)c1. The van der Waals surface area contributed by atoms with Gasteiger partial charge in [-0.3, -0.25) is 4.79 Å². The molecule has 0 radical (unpaired) electrons. The number of hydrogen-bond acceptors (Lipinski definition) is 5. The highest BCUT2D eigenvalue weighted by atomic mass is 32.1. The number of ether oxygens (including phenoxy) is 1. The van der Waals surface area contributed by atoms with Gasteiger partial charge in [-0.15, -0.1) is 0 Å². The number of fused-ring (bicyclic) bond motifs is 1. The Morgan fingerprint density at radius 1 is 1.26 bits per heavy atom. The maximum Gasteiger partial charge on any atom is 0.262 e. The first-order valence-corrected chi connectivity index (χ1v) is 7.99. The van der Waals surface area contributed by atoms with Gasteiger partial charge in [0.1, 0.15) is 5.75 Å². The molecule has 1 aromatic heterocycles. The summed E-state index contributed by atoms with van der Waals surface area (Å²) in [7, 11) is 0. The molecule has 3 aromatic rings. The number of nitrogen functional groups attached to an aromatic ring is 1. The molecule has 0 unspecified atom stereocenters. The standard InChI is InChI=1S/C17H17N3O2S/c1-10-3-4-11(2)14(7-10)22-9-16(21)19-12-5-6-13-15(8-12)23-17(18)20-13/h3-8H,9H2,1-2H3,(H2,18,20)(H,19,21). The molecule has 0 saturated heterocycles. The summed E-state index contributed by atoms with van der Waals surface area (Å²) in [6.45, 7) is 3.91. The van der Waals surface area contributed by atoms with Crippen LogP contribution in [0.5, 0.6) is 5.75 Å². The smallest absolute Gasteiger partial charge is 0.262 e. The van der Waals surface area contributed by atoms with Crippen molar-refractivity contribution in [3.05, 3.63) is 47.5 Å². The predicted molar refractivity (Wildman–Crippen MR) is 94.1 cm³/mol. The molecule has 6 heteroatoms. The van der Waals surface area contributed by atoms with Crippen LogP contribution in [0.15, 0.2) is 36.4 Å². The largest absolute Gasteiger partial charge is 0.483 e. The third-order valence-electron chi connectivity index (χ3n) is 3.39. The van der Waals surface area contributed by atoms with Crippen LogP contribution < -0.4 is 15.8 Å². The molecule has 0 atom stereocenters. The van der Waals surface area contributed by atoms with Gasteiger partial charge in [-0.2, -0.15) is 0 Å². The number of hydrogen-bond donors (Lipinski definition) is 2.